The number of rotatable bonds is 4. The van der Waals surface area contributed by atoms with Crippen molar-refractivity contribution in [3.8, 4) is 17.0 Å². The Morgan fingerprint density at radius 3 is 2.37 bits per heavy atom. The number of carbonyl (C=O) groups is 1. The summed E-state index contributed by atoms with van der Waals surface area (Å²) in [7, 11) is 1.67. The summed E-state index contributed by atoms with van der Waals surface area (Å²) in [6.45, 7) is 5.44. The molecule has 1 amide bonds. The van der Waals surface area contributed by atoms with E-state index in [9.17, 15) is 4.79 Å². The summed E-state index contributed by atoms with van der Waals surface area (Å²) in [5.41, 5.74) is 6.14. The largest absolute Gasteiger partial charge is 0.497 e. The first-order valence-electron chi connectivity index (χ1n) is 10.5. The second kappa shape index (κ2) is 8.66. The zero-order valence-electron chi connectivity index (χ0n) is 17.8. The van der Waals surface area contributed by atoms with Crippen LogP contribution < -0.4 is 4.74 Å². The van der Waals surface area contributed by atoms with Crippen molar-refractivity contribution in [1.82, 2.24) is 14.9 Å². The summed E-state index contributed by atoms with van der Waals surface area (Å²) < 4.78 is 5.30. The topological polar surface area (TPSA) is 55.3 Å². The van der Waals surface area contributed by atoms with E-state index in [1.54, 1.807) is 7.11 Å². The fraction of sp³-hybridized carbons (Fsp3) is 0.320. The molecule has 0 unspecified atom stereocenters. The summed E-state index contributed by atoms with van der Waals surface area (Å²) in [5.74, 6) is 1.75. The lowest BCUT2D eigenvalue weighted by molar-refractivity contribution is 0.0763. The molecule has 0 spiro atoms. The van der Waals surface area contributed by atoms with Crippen LogP contribution in [0.2, 0.25) is 0 Å². The molecule has 5 nitrogen and oxygen atoms in total. The van der Waals surface area contributed by atoms with Crippen LogP contribution in [-0.2, 0) is 19.3 Å². The van der Waals surface area contributed by atoms with Gasteiger partial charge in [0.1, 0.15) is 11.6 Å². The van der Waals surface area contributed by atoms with Crippen LogP contribution in [0.3, 0.4) is 0 Å². The van der Waals surface area contributed by atoms with Crippen molar-refractivity contribution in [3.63, 3.8) is 0 Å². The van der Waals surface area contributed by atoms with Gasteiger partial charge in [0.15, 0.2) is 0 Å². The second-order valence-electron chi connectivity index (χ2n) is 7.65. The summed E-state index contributed by atoms with van der Waals surface area (Å²) in [6, 6.07) is 15.8. The van der Waals surface area contributed by atoms with Crippen molar-refractivity contribution < 1.29 is 9.53 Å². The maximum absolute atomic E-state index is 13.0. The van der Waals surface area contributed by atoms with E-state index < -0.39 is 0 Å². The Hall–Kier alpha value is -3.21. The molecule has 4 rings (SSSR count). The molecule has 1 aliphatic rings. The number of nitrogens with zero attached hydrogens (tertiary/aromatic N) is 3. The number of amides is 1. The quantitative estimate of drug-likeness (QED) is 0.655. The normalized spacial score (nSPS) is 13.5. The molecule has 2 aromatic carbocycles. The molecular weight excluding hydrogens is 374 g/mol. The average Bonchev–Trinajstić information content (AvgIpc) is 3.01. The van der Waals surface area contributed by atoms with Gasteiger partial charge < -0.3 is 9.64 Å². The van der Waals surface area contributed by atoms with Crippen molar-refractivity contribution in [2.75, 3.05) is 20.2 Å². The minimum atomic E-state index is 0.0810. The SMILES string of the molecule is CCc1nc2c(c(-c3ccc(OC)cc3)n1)CCN(C(=O)c1ccc(C)cc1)CC2. The minimum Gasteiger partial charge on any atom is -0.497 e. The first-order valence-corrected chi connectivity index (χ1v) is 10.5. The third-order valence-corrected chi connectivity index (χ3v) is 5.65. The van der Waals surface area contributed by atoms with Gasteiger partial charge >= 0.3 is 0 Å². The summed E-state index contributed by atoms with van der Waals surface area (Å²) in [4.78, 5) is 24.6. The number of aryl methyl sites for hydroxylation is 2. The predicted molar refractivity (Wildman–Crippen MR) is 118 cm³/mol. The molecule has 0 atom stereocenters. The molecule has 1 aromatic heterocycles. The van der Waals surface area contributed by atoms with Gasteiger partial charge in [0.05, 0.1) is 12.8 Å². The number of fused-ring (bicyclic) bond motifs is 1. The molecule has 2 heterocycles. The second-order valence-corrected chi connectivity index (χ2v) is 7.65. The van der Waals surface area contributed by atoms with Crippen LogP contribution in [0.25, 0.3) is 11.3 Å². The van der Waals surface area contributed by atoms with Crippen molar-refractivity contribution in [2.45, 2.75) is 33.1 Å². The van der Waals surface area contributed by atoms with E-state index >= 15 is 0 Å². The number of ether oxygens (including phenoxy) is 1. The van der Waals surface area contributed by atoms with E-state index in [4.69, 9.17) is 14.7 Å². The van der Waals surface area contributed by atoms with Crippen LogP contribution in [0.5, 0.6) is 5.75 Å². The van der Waals surface area contributed by atoms with Gasteiger partial charge in [0, 0.05) is 48.3 Å². The van der Waals surface area contributed by atoms with Gasteiger partial charge in [-0.1, -0.05) is 24.6 Å². The lowest BCUT2D eigenvalue weighted by Crippen LogP contribution is -2.33. The van der Waals surface area contributed by atoms with Crippen LogP contribution in [0.15, 0.2) is 48.5 Å². The van der Waals surface area contributed by atoms with Crippen molar-refractivity contribution in [2.24, 2.45) is 0 Å². The lowest BCUT2D eigenvalue weighted by Gasteiger charge is -2.20. The molecule has 5 heteroatoms. The first-order chi connectivity index (χ1) is 14.6. The highest BCUT2D eigenvalue weighted by Gasteiger charge is 2.24. The summed E-state index contributed by atoms with van der Waals surface area (Å²) in [6.07, 6.45) is 2.27. The van der Waals surface area contributed by atoms with Gasteiger partial charge in [-0.3, -0.25) is 4.79 Å². The van der Waals surface area contributed by atoms with Gasteiger partial charge in [-0.05, 0) is 49.7 Å². The third kappa shape index (κ3) is 4.06. The number of methoxy groups -OCH3 is 1. The number of hydrogen-bond acceptors (Lipinski definition) is 4. The average molecular weight is 402 g/mol. The van der Waals surface area contributed by atoms with Gasteiger partial charge in [0.25, 0.3) is 5.91 Å². The molecule has 3 aromatic rings. The summed E-state index contributed by atoms with van der Waals surface area (Å²) in [5, 5.41) is 0. The van der Waals surface area contributed by atoms with E-state index in [1.165, 1.54) is 0 Å². The Kier molecular flexibility index (Phi) is 5.79. The van der Waals surface area contributed by atoms with E-state index in [-0.39, 0.29) is 5.91 Å². The fourth-order valence-electron chi connectivity index (χ4n) is 3.88. The van der Waals surface area contributed by atoms with Crippen molar-refractivity contribution in [3.05, 3.63) is 76.7 Å². The molecule has 1 aliphatic heterocycles. The van der Waals surface area contributed by atoms with Gasteiger partial charge in [-0.2, -0.15) is 0 Å². The Balaban J connectivity index is 1.64. The van der Waals surface area contributed by atoms with Crippen LogP contribution >= 0.6 is 0 Å². The van der Waals surface area contributed by atoms with Gasteiger partial charge in [0.2, 0.25) is 0 Å². The molecule has 0 N–H and O–H groups in total. The maximum atomic E-state index is 13.0. The van der Waals surface area contributed by atoms with E-state index in [2.05, 4.69) is 6.92 Å². The zero-order chi connectivity index (χ0) is 21.1. The fourth-order valence-corrected chi connectivity index (χ4v) is 3.88. The summed E-state index contributed by atoms with van der Waals surface area (Å²) >= 11 is 0. The Bertz CT molecular complexity index is 1040. The molecule has 0 fully saturated rings. The first kappa shape index (κ1) is 20.1. The molecular formula is C25H27N3O2. The van der Waals surface area contributed by atoms with E-state index in [0.717, 1.165) is 64.5 Å². The number of hydrogen-bond donors (Lipinski definition) is 0. The smallest absolute Gasteiger partial charge is 0.253 e. The maximum Gasteiger partial charge on any atom is 0.253 e. The Labute approximate surface area is 177 Å². The standard InChI is InChI=1S/C25H27N3O2/c1-4-23-26-22-14-16-28(25(29)19-7-5-17(2)6-8-19)15-13-21(22)24(27-23)18-9-11-20(30-3)12-10-18/h5-12H,4,13-16H2,1-3H3. The Morgan fingerprint density at radius 1 is 1.00 bits per heavy atom. The molecule has 0 saturated carbocycles. The molecule has 0 radical (unpaired) electrons. The minimum absolute atomic E-state index is 0.0810. The van der Waals surface area contributed by atoms with E-state index in [1.807, 2.05) is 60.4 Å². The van der Waals surface area contributed by atoms with Crippen molar-refractivity contribution >= 4 is 5.91 Å². The van der Waals surface area contributed by atoms with Crippen LogP contribution in [-0.4, -0.2) is 41.0 Å². The molecule has 0 saturated heterocycles. The molecule has 0 bridgehead atoms. The van der Waals surface area contributed by atoms with Gasteiger partial charge in [-0.15, -0.1) is 0 Å². The van der Waals surface area contributed by atoms with Crippen LogP contribution in [0, 0.1) is 6.92 Å². The number of carbonyl (C=O) groups excluding carboxylic acids is 1. The highest BCUT2D eigenvalue weighted by molar-refractivity contribution is 5.94. The number of aromatic nitrogens is 2. The Morgan fingerprint density at radius 2 is 1.70 bits per heavy atom. The third-order valence-electron chi connectivity index (χ3n) is 5.65. The zero-order valence-corrected chi connectivity index (χ0v) is 17.8. The van der Waals surface area contributed by atoms with Gasteiger partial charge in [-0.25, -0.2) is 9.97 Å². The number of benzene rings is 2. The van der Waals surface area contributed by atoms with Crippen LogP contribution in [0.4, 0.5) is 0 Å². The molecule has 0 aliphatic carbocycles. The predicted octanol–water partition coefficient (Wildman–Crippen LogP) is 4.26. The van der Waals surface area contributed by atoms with Crippen molar-refractivity contribution in [1.29, 1.82) is 0 Å². The highest BCUT2D eigenvalue weighted by atomic mass is 16.5. The van der Waals surface area contributed by atoms with E-state index in [0.29, 0.717) is 13.1 Å². The highest BCUT2D eigenvalue weighted by Crippen LogP contribution is 2.28. The molecule has 30 heavy (non-hydrogen) atoms. The lowest BCUT2D eigenvalue weighted by atomic mass is 10.0. The monoisotopic (exact) mass is 401 g/mol. The molecule has 154 valence electrons. The van der Waals surface area contributed by atoms with Crippen LogP contribution in [0.1, 0.15) is 39.9 Å².